The number of aryl methyl sites for hydroxylation is 1. The van der Waals surface area contributed by atoms with Crippen LogP contribution in [0.2, 0.25) is 0 Å². The van der Waals surface area contributed by atoms with Crippen molar-refractivity contribution in [1.29, 1.82) is 0 Å². The maximum absolute atomic E-state index is 12.6. The highest BCUT2D eigenvalue weighted by Gasteiger charge is 2.17. The fraction of sp³-hybridized carbons (Fsp3) is 0.333. The van der Waals surface area contributed by atoms with Crippen LogP contribution in [0.4, 0.5) is 0 Å². The number of aromatic nitrogens is 4. The van der Waals surface area contributed by atoms with Gasteiger partial charge < -0.3 is 19.4 Å². The van der Waals surface area contributed by atoms with Gasteiger partial charge in [0.2, 0.25) is 0 Å². The van der Waals surface area contributed by atoms with E-state index in [1.165, 1.54) is 11.3 Å². The van der Waals surface area contributed by atoms with Gasteiger partial charge in [0.1, 0.15) is 15.7 Å². The fourth-order valence-corrected chi connectivity index (χ4v) is 3.80. The van der Waals surface area contributed by atoms with Gasteiger partial charge in [-0.05, 0) is 37.3 Å². The van der Waals surface area contributed by atoms with E-state index < -0.39 is 0 Å². The van der Waals surface area contributed by atoms with E-state index >= 15 is 0 Å². The molecule has 10 heteroatoms. The number of H-pyrrole nitrogens is 1. The van der Waals surface area contributed by atoms with Gasteiger partial charge >= 0.3 is 0 Å². The second kappa shape index (κ2) is 8.53. The average Bonchev–Trinajstić information content (AvgIpc) is 3.24. The highest BCUT2D eigenvalue weighted by molar-refractivity contribution is 7.71. The third-order valence-electron chi connectivity index (χ3n) is 4.24. The molecule has 2 aromatic heterocycles. The molecule has 0 aliphatic carbocycles. The molecule has 0 fully saturated rings. The molecule has 0 bridgehead atoms. The first-order chi connectivity index (χ1) is 13.4. The third-order valence-corrected chi connectivity index (χ3v) is 5.81. The van der Waals surface area contributed by atoms with Crippen LogP contribution in [0.25, 0.3) is 10.6 Å². The van der Waals surface area contributed by atoms with E-state index in [2.05, 4.69) is 20.5 Å². The summed E-state index contributed by atoms with van der Waals surface area (Å²) in [5, 5.41) is 10.5. The highest BCUT2D eigenvalue weighted by Crippen LogP contribution is 2.34. The van der Waals surface area contributed by atoms with Crippen molar-refractivity contribution in [2.24, 2.45) is 7.05 Å². The molecule has 148 valence electrons. The Hall–Kier alpha value is -2.72. The summed E-state index contributed by atoms with van der Waals surface area (Å²) in [5.41, 5.74) is 1.55. The topological polar surface area (TPSA) is 94.1 Å². The first kappa shape index (κ1) is 20.0. The van der Waals surface area contributed by atoms with E-state index in [1.54, 1.807) is 18.8 Å². The normalized spacial score (nSPS) is 10.7. The largest absolute Gasteiger partial charge is 0.493 e. The van der Waals surface area contributed by atoms with E-state index in [9.17, 15) is 4.79 Å². The molecule has 1 aromatic carbocycles. The molecule has 28 heavy (non-hydrogen) atoms. The molecule has 3 rings (SSSR count). The minimum Gasteiger partial charge on any atom is -0.493 e. The molecule has 0 spiro atoms. The lowest BCUT2D eigenvalue weighted by molar-refractivity contribution is 0.0957. The molecule has 0 aliphatic heterocycles. The lowest BCUT2D eigenvalue weighted by Gasteiger charge is -2.08. The van der Waals surface area contributed by atoms with Gasteiger partial charge in [0.05, 0.1) is 19.9 Å². The summed E-state index contributed by atoms with van der Waals surface area (Å²) in [6.45, 7) is 2.28. The molecule has 0 atom stereocenters. The Morgan fingerprint density at radius 3 is 2.71 bits per heavy atom. The van der Waals surface area contributed by atoms with E-state index in [0.717, 1.165) is 16.4 Å². The molecule has 0 radical (unpaired) electrons. The Bertz CT molecular complexity index is 1050. The van der Waals surface area contributed by atoms with E-state index in [-0.39, 0.29) is 5.91 Å². The second-order valence-corrected chi connectivity index (χ2v) is 7.40. The minimum atomic E-state index is -0.154. The van der Waals surface area contributed by atoms with Crippen molar-refractivity contribution < 1.29 is 14.3 Å². The van der Waals surface area contributed by atoms with Gasteiger partial charge in [-0.3, -0.25) is 9.89 Å². The summed E-state index contributed by atoms with van der Waals surface area (Å²) in [7, 11) is 5.01. The Morgan fingerprint density at radius 2 is 2.07 bits per heavy atom. The van der Waals surface area contributed by atoms with Crippen LogP contribution in [0.3, 0.4) is 0 Å². The van der Waals surface area contributed by atoms with Crippen molar-refractivity contribution in [2.45, 2.75) is 13.3 Å². The number of methoxy groups -OCH3 is 2. The lowest BCUT2D eigenvalue weighted by atomic mass is 10.2. The summed E-state index contributed by atoms with van der Waals surface area (Å²) in [6, 6.07) is 5.57. The first-order valence-corrected chi connectivity index (χ1v) is 9.75. The number of carbonyl (C=O) groups is 1. The molecule has 8 nitrogen and oxygen atoms in total. The van der Waals surface area contributed by atoms with Crippen molar-refractivity contribution >= 4 is 29.5 Å². The molecule has 3 aromatic rings. The van der Waals surface area contributed by atoms with Crippen LogP contribution in [-0.2, 0) is 13.5 Å². The van der Waals surface area contributed by atoms with Crippen molar-refractivity contribution in [3.05, 3.63) is 39.4 Å². The van der Waals surface area contributed by atoms with Gasteiger partial charge in [0, 0.05) is 25.6 Å². The predicted octanol–water partition coefficient (Wildman–Crippen LogP) is 2.90. The standard InChI is InChI=1S/C18H21N5O3S2/c1-10-15(16(24)19-8-7-14-21-22-18(27)23(14)2)28-17(20-10)11-5-6-12(25-3)13(9-11)26-4/h5-6,9H,7-8H2,1-4H3,(H,19,24)(H,22,27). The molecule has 0 saturated heterocycles. The van der Waals surface area contributed by atoms with Crippen LogP contribution in [0.15, 0.2) is 18.2 Å². The monoisotopic (exact) mass is 419 g/mol. The fourth-order valence-electron chi connectivity index (χ4n) is 2.67. The van der Waals surface area contributed by atoms with Crippen molar-refractivity contribution in [3.63, 3.8) is 0 Å². The minimum absolute atomic E-state index is 0.154. The number of thiazole rings is 1. The van der Waals surface area contributed by atoms with Gasteiger partial charge in [0.25, 0.3) is 5.91 Å². The third kappa shape index (κ3) is 4.07. The van der Waals surface area contributed by atoms with Crippen LogP contribution in [0, 0.1) is 11.7 Å². The second-order valence-electron chi connectivity index (χ2n) is 6.01. The SMILES string of the molecule is COc1ccc(-c2nc(C)c(C(=O)NCCc3n[nH]c(=S)n3C)s2)cc1OC. The van der Waals surface area contributed by atoms with Crippen LogP contribution < -0.4 is 14.8 Å². The Labute approximate surface area is 171 Å². The zero-order valence-electron chi connectivity index (χ0n) is 16.0. The zero-order valence-corrected chi connectivity index (χ0v) is 17.7. The number of hydrogen-bond donors (Lipinski definition) is 2. The molecule has 0 aliphatic rings. The van der Waals surface area contributed by atoms with Crippen LogP contribution >= 0.6 is 23.6 Å². The molecular formula is C18H21N5O3S2. The average molecular weight is 420 g/mol. The number of nitrogens with zero attached hydrogens (tertiary/aromatic N) is 3. The van der Waals surface area contributed by atoms with Crippen molar-refractivity contribution in [2.75, 3.05) is 20.8 Å². The van der Waals surface area contributed by atoms with E-state index in [0.29, 0.717) is 39.8 Å². The highest BCUT2D eigenvalue weighted by atomic mass is 32.1. The number of carbonyl (C=O) groups excluding carboxylic acids is 1. The number of nitrogens with one attached hydrogen (secondary N) is 2. The Kier molecular flexibility index (Phi) is 6.10. The molecular weight excluding hydrogens is 398 g/mol. The van der Waals surface area contributed by atoms with Gasteiger partial charge in [-0.15, -0.1) is 11.3 Å². The molecule has 2 N–H and O–H groups in total. The number of aromatic amines is 1. The van der Waals surface area contributed by atoms with Gasteiger partial charge in [-0.25, -0.2) is 4.98 Å². The first-order valence-electron chi connectivity index (χ1n) is 8.53. The number of rotatable bonds is 7. The summed E-state index contributed by atoms with van der Waals surface area (Å²) >= 11 is 6.43. The molecule has 1 amide bonds. The molecule has 2 heterocycles. The summed E-state index contributed by atoms with van der Waals surface area (Å²) < 4.78 is 12.9. The van der Waals surface area contributed by atoms with Crippen molar-refractivity contribution in [1.82, 2.24) is 25.1 Å². The lowest BCUT2D eigenvalue weighted by Crippen LogP contribution is -2.26. The quantitative estimate of drug-likeness (QED) is 0.572. The van der Waals surface area contributed by atoms with Gasteiger partial charge in [-0.1, -0.05) is 0 Å². The molecule has 0 saturated carbocycles. The Morgan fingerprint density at radius 1 is 1.32 bits per heavy atom. The summed E-state index contributed by atoms with van der Waals surface area (Å²) in [5.74, 6) is 1.90. The number of ether oxygens (including phenoxy) is 2. The maximum atomic E-state index is 12.6. The van der Waals surface area contributed by atoms with Crippen molar-refractivity contribution in [3.8, 4) is 22.1 Å². The zero-order chi connectivity index (χ0) is 20.3. The van der Waals surface area contributed by atoms with E-state index in [1.807, 2.05) is 32.2 Å². The predicted molar refractivity (Wildman–Crippen MR) is 110 cm³/mol. The van der Waals surface area contributed by atoms with Gasteiger partial charge in [0.15, 0.2) is 16.3 Å². The van der Waals surface area contributed by atoms with Crippen LogP contribution in [0.1, 0.15) is 21.2 Å². The van der Waals surface area contributed by atoms with E-state index in [4.69, 9.17) is 21.7 Å². The summed E-state index contributed by atoms with van der Waals surface area (Å²) in [6.07, 6.45) is 0.579. The van der Waals surface area contributed by atoms with Gasteiger partial charge in [-0.2, -0.15) is 5.10 Å². The maximum Gasteiger partial charge on any atom is 0.263 e. The van der Waals surface area contributed by atoms with Crippen LogP contribution in [-0.4, -0.2) is 46.4 Å². The van der Waals surface area contributed by atoms with Crippen LogP contribution in [0.5, 0.6) is 11.5 Å². The smallest absolute Gasteiger partial charge is 0.263 e. The molecule has 0 unspecified atom stereocenters. The number of benzene rings is 1. The Balaban J connectivity index is 1.72. The summed E-state index contributed by atoms with van der Waals surface area (Å²) in [4.78, 5) is 17.7. The number of amides is 1. The number of hydrogen-bond acceptors (Lipinski definition) is 7.